The van der Waals surface area contributed by atoms with Gasteiger partial charge in [-0.25, -0.2) is 0 Å². The molecule has 0 amide bonds. The molecule has 0 bridgehead atoms. The smallest absolute Gasteiger partial charge is 0.171 e. The number of nitrogens with one attached hydrogen (secondary N) is 2. The molecule has 0 unspecified atom stereocenters. The summed E-state index contributed by atoms with van der Waals surface area (Å²) in [6, 6.07) is 11.0. The molecule has 0 fully saturated rings. The van der Waals surface area contributed by atoms with E-state index in [-0.39, 0.29) is 6.04 Å². The van der Waals surface area contributed by atoms with E-state index in [4.69, 9.17) is 58.6 Å². The number of benzene rings is 2. The zero-order valence-electron chi connectivity index (χ0n) is 14.7. The molecule has 0 spiro atoms. The fraction of sp³-hybridized carbons (Fsp3) is 0.190. The van der Waals surface area contributed by atoms with Gasteiger partial charge in [0, 0.05) is 25.8 Å². The highest BCUT2D eigenvalue weighted by Gasteiger charge is 2.31. The van der Waals surface area contributed by atoms with Crippen LogP contribution in [0.5, 0.6) is 0 Å². The molecule has 1 heterocycles. The molecule has 1 aliphatic heterocycles. The van der Waals surface area contributed by atoms with Crippen LogP contribution >= 0.6 is 58.6 Å². The topological polar surface area (TPSA) is 24.1 Å². The summed E-state index contributed by atoms with van der Waals surface area (Å²) in [5, 5.41) is 9.76. The Labute approximate surface area is 189 Å². The molecule has 1 atom stereocenters. The Morgan fingerprint density at radius 1 is 0.929 bits per heavy atom. The van der Waals surface area contributed by atoms with Crippen LogP contribution in [-0.4, -0.2) is 5.11 Å². The van der Waals surface area contributed by atoms with Crippen molar-refractivity contribution in [1.29, 1.82) is 0 Å². The monoisotopic (exact) mass is 468 g/mol. The molecule has 0 radical (unpaired) electrons. The maximum absolute atomic E-state index is 6.49. The predicted octanol–water partition coefficient (Wildman–Crippen LogP) is 7.34. The number of allylic oxidation sites excluding steroid dienone is 1. The predicted molar refractivity (Wildman–Crippen MR) is 123 cm³/mol. The first kappa shape index (κ1) is 20.1. The second-order valence-corrected chi connectivity index (χ2v) is 8.88. The standard InChI is InChI=1S/C21H16Cl4N2S/c22-13-5-4-11(17(24)9-13)8-12-2-1-3-16-19(12)26-21(28)27-20(16)15-7-6-14(23)10-18(15)25/h4-10,20H,1-3H2,(H2,26,27,28)/b12-8+/t20-/m0/s1. The summed E-state index contributed by atoms with van der Waals surface area (Å²) in [5.41, 5.74) is 5.36. The van der Waals surface area contributed by atoms with Gasteiger partial charge in [-0.15, -0.1) is 0 Å². The fourth-order valence-electron chi connectivity index (χ4n) is 3.69. The summed E-state index contributed by atoms with van der Waals surface area (Å²) in [7, 11) is 0. The van der Waals surface area contributed by atoms with E-state index in [1.165, 1.54) is 11.1 Å². The minimum atomic E-state index is -0.0853. The third-order valence-corrected chi connectivity index (χ3v) is 6.31. The zero-order valence-corrected chi connectivity index (χ0v) is 18.5. The van der Waals surface area contributed by atoms with Crippen LogP contribution in [0.4, 0.5) is 0 Å². The molecule has 1 aliphatic carbocycles. The molecule has 2 nitrogen and oxygen atoms in total. The Kier molecular flexibility index (Phi) is 5.91. The Hall–Kier alpha value is -1.23. The molecule has 2 aliphatic rings. The molecule has 2 N–H and O–H groups in total. The molecule has 2 aromatic rings. The highest BCUT2D eigenvalue weighted by atomic mass is 35.5. The number of thiocarbonyl (C=S) groups is 1. The number of hydrogen-bond donors (Lipinski definition) is 2. The summed E-state index contributed by atoms with van der Waals surface area (Å²) in [4.78, 5) is 0. The van der Waals surface area contributed by atoms with Crippen LogP contribution in [0, 0.1) is 0 Å². The van der Waals surface area contributed by atoms with Gasteiger partial charge >= 0.3 is 0 Å². The Bertz CT molecular complexity index is 1030. The van der Waals surface area contributed by atoms with E-state index in [1.54, 1.807) is 12.1 Å². The Balaban J connectivity index is 1.80. The van der Waals surface area contributed by atoms with Crippen molar-refractivity contribution in [2.75, 3.05) is 0 Å². The molecule has 2 aromatic carbocycles. The fourth-order valence-corrected chi connectivity index (χ4v) is 4.89. The molecule has 7 heteroatoms. The minimum absolute atomic E-state index is 0.0853. The summed E-state index contributed by atoms with van der Waals surface area (Å²) in [6.45, 7) is 0. The van der Waals surface area contributed by atoms with Gasteiger partial charge in [-0.05, 0) is 84.1 Å². The lowest BCUT2D eigenvalue weighted by Crippen LogP contribution is -2.45. The van der Waals surface area contributed by atoms with Crippen LogP contribution in [0.1, 0.15) is 36.4 Å². The summed E-state index contributed by atoms with van der Waals surface area (Å²) < 4.78 is 0. The van der Waals surface area contributed by atoms with Crippen molar-refractivity contribution in [2.45, 2.75) is 25.3 Å². The maximum Gasteiger partial charge on any atom is 0.171 e. The van der Waals surface area contributed by atoms with E-state index in [0.717, 1.165) is 36.1 Å². The van der Waals surface area contributed by atoms with Crippen molar-refractivity contribution in [1.82, 2.24) is 10.6 Å². The summed E-state index contributed by atoms with van der Waals surface area (Å²) in [5.74, 6) is 0. The molecular weight excluding hydrogens is 454 g/mol. The quantitative estimate of drug-likeness (QED) is 0.449. The van der Waals surface area contributed by atoms with Crippen LogP contribution in [0.25, 0.3) is 6.08 Å². The van der Waals surface area contributed by atoms with Gasteiger partial charge in [-0.1, -0.05) is 58.5 Å². The summed E-state index contributed by atoms with van der Waals surface area (Å²) in [6.07, 6.45) is 5.03. The van der Waals surface area contributed by atoms with Crippen molar-refractivity contribution in [2.24, 2.45) is 0 Å². The van der Waals surface area contributed by atoms with E-state index in [1.807, 2.05) is 24.3 Å². The Morgan fingerprint density at radius 2 is 1.64 bits per heavy atom. The average molecular weight is 470 g/mol. The average Bonchev–Trinajstić information content (AvgIpc) is 2.64. The number of halogens is 4. The van der Waals surface area contributed by atoms with Crippen molar-refractivity contribution >= 4 is 69.8 Å². The third kappa shape index (κ3) is 4.05. The van der Waals surface area contributed by atoms with Crippen LogP contribution in [-0.2, 0) is 0 Å². The molecule has 0 saturated heterocycles. The number of hydrogen-bond acceptors (Lipinski definition) is 1. The van der Waals surface area contributed by atoms with Gasteiger partial charge in [0.15, 0.2) is 5.11 Å². The van der Waals surface area contributed by atoms with Gasteiger partial charge in [-0.2, -0.15) is 0 Å². The van der Waals surface area contributed by atoms with Crippen LogP contribution in [0.15, 0.2) is 53.2 Å². The van der Waals surface area contributed by atoms with E-state index >= 15 is 0 Å². The largest absolute Gasteiger partial charge is 0.352 e. The Morgan fingerprint density at radius 3 is 2.36 bits per heavy atom. The van der Waals surface area contributed by atoms with Crippen molar-refractivity contribution in [3.05, 3.63) is 84.5 Å². The lowest BCUT2D eigenvalue weighted by Gasteiger charge is -2.36. The molecular formula is C21H16Cl4N2S. The van der Waals surface area contributed by atoms with Crippen molar-refractivity contribution in [3.8, 4) is 0 Å². The number of rotatable bonds is 2. The lowest BCUT2D eigenvalue weighted by molar-refractivity contribution is 0.609. The van der Waals surface area contributed by atoms with E-state index in [2.05, 4.69) is 16.7 Å². The van der Waals surface area contributed by atoms with Crippen LogP contribution in [0.3, 0.4) is 0 Å². The first-order valence-corrected chi connectivity index (χ1v) is 10.8. The molecule has 0 aromatic heterocycles. The van der Waals surface area contributed by atoms with E-state index in [0.29, 0.717) is 25.2 Å². The second-order valence-electron chi connectivity index (χ2n) is 6.79. The summed E-state index contributed by atoms with van der Waals surface area (Å²) >= 11 is 30.5. The first-order valence-electron chi connectivity index (χ1n) is 8.84. The van der Waals surface area contributed by atoms with Gasteiger partial charge in [-0.3, -0.25) is 0 Å². The maximum atomic E-state index is 6.49. The first-order chi connectivity index (χ1) is 13.4. The molecule has 28 heavy (non-hydrogen) atoms. The van der Waals surface area contributed by atoms with Crippen molar-refractivity contribution < 1.29 is 0 Å². The SMILES string of the molecule is S=C1NC2=C(CCC/C2=C\c2ccc(Cl)cc2Cl)[C@H](c2ccc(Cl)cc2Cl)N1. The van der Waals surface area contributed by atoms with Gasteiger partial charge in [0.25, 0.3) is 0 Å². The second kappa shape index (κ2) is 8.25. The van der Waals surface area contributed by atoms with Gasteiger partial charge in [0.1, 0.15) is 0 Å². The van der Waals surface area contributed by atoms with Crippen LogP contribution in [0.2, 0.25) is 20.1 Å². The molecule has 4 rings (SSSR count). The van der Waals surface area contributed by atoms with E-state index in [9.17, 15) is 0 Å². The lowest BCUT2D eigenvalue weighted by atomic mass is 9.83. The molecule has 144 valence electrons. The van der Waals surface area contributed by atoms with Gasteiger partial charge in [0.2, 0.25) is 0 Å². The van der Waals surface area contributed by atoms with Gasteiger partial charge in [0.05, 0.1) is 6.04 Å². The highest BCUT2D eigenvalue weighted by molar-refractivity contribution is 7.80. The molecule has 0 saturated carbocycles. The minimum Gasteiger partial charge on any atom is -0.352 e. The van der Waals surface area contributed by atoms with Crippen LogP contribution < -0.4 is 10.6 Å². The van der Waals surface area contributed by atoms with E-state index < -0.39 is 0 Å². The highest BCUT2D eigenvalue weighted by Crippen LogP contribution is 2.41. The third-order valence-electron chi connectivity index (χ3n) is 4.96. The normalized spacial score (nSPS) is 20.6. The van der Waals surface area contributed by atoms with Gasteiger partial charge < -0.3 is 10.6 Å². The van der Waals surface area contributed by atoms with Crippen molar-refractivity contribution in [3.63, 3.8) is 0 Å². The zero-order chi connectivity index (χ0) is 19.8.